The molecule has 0 aliphatic carbocycles. The van der Waals surface area contributed by atoms with E-state index in [1.165, 1.54) is 41.7 Å². The number of aromatic amines is 2. The van der Waals surface area contributed by atoms with Gasteiger partial charge in [0.2, 0.25) is 65.0 Å². The summed E-state index contributed by atoms with van der Waals surface area (Å²) < 4.78 is 0. The molecule has 0 spiro atoms. The summed E-state index contributed by atoms with van der Waals surface area (Å²) in [6.07, 6.45) is 5.12. The lowest BCUT2D eigenvalue weighted by atomic mass is 10.0. The summed E-state index contributed by atoms with van der Waals surface area (Å²) in [5.41, 5.74) is 18.4. The predicted molar refractivity (Wildman–Crippen MR) is 318 cm³/mol. The molecule has 2 aliphatic rings. The van der Waals surface area contributed by atoms with Gasteiger partial charge in [0.15, 0.2) is 5.96 Å². The Balaban J connectivity index is 1.19. The highest BCUT2D eigenvalue weighted by Crippen LogP contribution is 2.22. The molecule has 2 saturated heterocycles. The molecule has 2 aromatic heterocycles. The van der Waals surface area contributed by atoms with E-state index in [4.69, 9.17) is 17.2 Å². The fraction of sp³-hybridized carbons (Fsp3) is 0.482. The second-order valence-electron chi connectivity index (χ2n) is 21.6. The Morgan fingerprint density at radius 1 is 0.736 bits per heavy atom. The number of hydrogen-bond acceptors (Lipinski definition) is 16. The molecular formula is C56H77N17O13S. The van der Waals surface area contributed by atoms with E-state index in [0.717, 1.165) is 0 Å². The van der Waals surface area contributed by atoms with Crippen molar-refractivity contribution in [3.8, 4) is 5.75 Å². The topological polar surface area (TPSA) is 475 Å². The highest BCUT2D eigenvalue weighted by Gasteiger charge is 2.40. The average molecular weight is 1230 g/mol. The Kier molecular flexibility index (Phi) is 24.8. The minimum Gasteiger partial charge on any atom is -0.508 e. The zero-order chi connectivity index (χ0) is 63.3. The molecule has 2 aromatic carbocycles. The van der Waals surface area contributed by atoms with Gasteiger partial charge in [0.1, 0.15) is 60.1 Å². The normalized spacial score (nSPS) is 17.0. The standard InChI is InChI=1S/C56H77N17O13S/c1-29(2)19-38(48(79)66-37(9-5-17-61-56(58)59)55(86)73-18-6-10-44(73)54(85)63-25-45(57)76)67-53(84)43(27-87)72-49(80)39(20-30-11-13-33(75)14-12-30)68-52(83)42(26-74)71-50(81)40(21-31-23-62-35-8-4-3-7-34(31)35)69-51(82)41(22-32-24-60-28-64-32)70-47(78)36-15-16-46(77)65-36/h3-4,7-8,11-14,23-24,28-29,36-44,62,74-75,87H,5-6,9-10,15-22,25-27H2,1-2H3,(H2,57,76)(H,60,64)(H,63,85)(H,65,77)(H,66,79)(H,67,84)(H,68,83)(H,69,82)(H,70,78)(H,71,81)(H,72,80)(H4,58,59,61)/t36-,37-,38-,39-,40-,41-,42-,43+,44-/m0/s1. The van der Waals surface area contributed by atoms with Crippen LogP contribution in [-0.2, 0) is 72.0 Å². The first-order valence-electron chi connectivity index (χ1n) is 28.4. The van der Waals surface area contributed by atoms with Crippen molar-refractivity contribution in [2.45, 2.75) is 132 Å². The van der Waals surface area contributed by atoms with Crippen molar-refractivity contribution in [1.82, 2.24) is 67.7 Å². The van der Waals surface area contributed by atoms with Gasteiger partial charge in [-0.15, -0.1) is 0 Å². The summed E-state index contributed by atoms with van der Waals surface area (Å²) in [4.78, 5) is 165. The number of rotatable bonds is 32. The molecular weight excluding hydrogens is 1150 g/mol. The van der Waals surface area contributed by atoms with Crippen molar-refractivity contribution < 1.29 is 63.0 Å². The van der Waals surface area contributed by atoms with Crippen LogP contribution in [-0.4, -0.2) is 187 Å². The number of carbonyl (C=O) groups excluding carboxylic acids is 11. The summed E-state index contributed by atoms with van der Waals surface area (Å²) >= 11 is 4.34. The summed E-state index contributed by atoms with van der Waals surface area (Å²) in [6.45, 7) is 2.32. The molecule has 9 atom stereocenters. The van der Waals surface area contributed by atoms with E-state index in [1.807, 2.05) is 0 Å². The Morgan fingerprint density at radius 2 is 1.34 bits per heavy atom. The Hall–Kier alpha value is -9.26. The molecule has 30 nitrogen and oxygen atoms in total. The zero-order valence-electron chi connectivity index (χ0n) is 48.1. The molecule has 4 aromatic rings. The number of nitrogens with zero attached hydrogens (tertiary/aromatic N) is 3. The number of imidazole rings is 1. The summed E-state index contributed by atoms with van der Waals surface area (Å²) in [5.74, 6) is -9.41. The highest BCUT2D eigenvalue weighted by atomic mass is 32.1. The van der Waals surface area contributed by atoms with Gasteiger partial charge in [0.25, 0.3) is 0 Å². The van der Waals surface area contributed by atoms with E-state index >= 15 is 0 Å². The number of phenolic OH excluding ortho intramolecular Hbond substituents is 1. The number of primary amides is 1. The molecule has 2 aliphatic heterocycles. The number of fused-ring (bicyclic) bond motifs is 1. The smallest absolute Gasteiger partial charge is 0.245 e. The Labute approximate surface area is 505 Å². The average Bonchev–Trinajstić information content (AvgIpc) is 2.71. The number of nitrogens with one attached hydrogen (secondary N) is 11. The largest absolute Gasteiger partial charge is 0.508 e. The fourth-order valence-corrected chi connectivity index (χ4v) is 10.3. The number of guanidine groups is 1. The predicted octanol–water partition coefficient (Wildman–Crippen LogP) is -4.09. The second kappa shape index (κ2) is 32.3. The van der Waals surface area contributed by atoms with Crippen molar-refractivity contribution in [2.24, 2.45) is 28.1 Å². The van der Waals surface area contributed by atoms with Gasteiger partial charge in [-0.25, -0.2) is 4.98 Å². The third kappa shape index (κ3) is 19.9. The van der Waals surface area contributed by atoms with Crippen LogP contribution >= 0.6 is 12.6 Å². The lowest BCUT2D eigenvalue weighted by molar-refractivity contribution is -0.142. The number of likely N-dealkylation sites (tertiary alicyclic amines) is 1. The van der Waals surface area contributed by atoms with Crippen LogP contribution in [0.5, 0.6) is 5.75 Å². The van der Waals surface area contributed by atoms with Gasteiger partial charge in [-0.3, -0.25) is 57.7 Å². The number of para-hydroxylation sites is 1. The van der Waals surface area contributed by atoms with Crippen LogP contribution in [0.15, 0.2) is 72.2 Å². The van der Waals surface area contributed by atoms with E-state index < -0.39 is 127 Å². The van der Waals surface area contributed by atoms with E-state index in [2.05, 4.69) is 80.4 Å². The second-order valence-corrected chi connectivity index (χ2v) is 22.0. The molecule has 2 fully saturated rings. The summed E-state index contributed by atoms with van der Waals surface area (Å²) in [6, 6.07) is 0.686. The number of aromatic nitrogens is 3. The maximum absolute atomic E-state index is 14.5. The number of thiol groups is 1. The van der Waals surface area contributed by atoms with Gasteiger partial charge in [-0.05, 0) is 73.8 Å². The van der Waals surface area contributed by atoms with Crippen LogP contribution in [0.2, 0.25) is 0 Å². The quantitative estimate of drug-likeness (QED) is 0.00957. The molecule has 6 rings (SSSR count). The Morgan fingerprint density at radius 3 is 1.97 bits per heavy atom. The first kappa shape index (κ1) is 66.9. The number of aliphatic imine (C=N–C) groups is 1. The summed E-state index contributed by atoms with van der Waals surface area (Å²) in [7, 11) is 0. The number of aliphatic hydroxyl groups is 1. The molecule has 0 radical (unpaired) electrons. The number of H-pyrrole nitrogens is 2. The molecule has 19 N–H and O–H groups in total. The minimum absolute atomic E-state index is 0.000951. The lowest BCUT2D eigenvalue weighted by Gasteiger charge is -2.30. The monoisotopic (exact) mass is 1230 g/mol. The van der Waals surface area contributed by atoms with Crippen molar-refractivity contribution in [2.75, 3.05) is 32.0 Å². The van der Waals surface area contributed by atoms with Crippen molar-refractivity contribution in [3.63, 3.8) is 0 Å². The number of aliphatic hydroxyl groups excluding tert-OH is 1. The van der Waals surface area contributed by atoms with Crippen LogP contribution in [0, 0.1) is 5.92 Å². The summed E-state index contributed by atoms with van der Waals surface area (Å²) in [5, 5.41) is 44.8. The molecule has 0 bridgehead atoms. The molecule has 11 amide bonds. The van der Waals surface area contributed by atoms with Gasteiger partial charge >= 0.3 is 0 Å². The minimum atomic E-state index is -1.78. The van der Waals surface area contributed by atoms with Crippen LogP contribution < -0.4 is 65.1 Å². The molecule has 0 unspecified atom stereocenters. The first-order valence-corrected chi connectivity index (χ1v) is 29.0. The SMILES string of the molecule is CC(C)C[C@H](NC(=O)[C@@H](CS)NC(=O)[C@H](Cc1ccc(O)cc1)NC(=O)[C@H](CO)NC(=O)[C@H](Cc1c[nH]c2ccccc12)NC(=O)[C@H](Cc1cnc[nH]1)NC(=O)[C@@H]1CCC(=O)N1)C(=O)N[C@@H](CCCN=C(N)N)C(=O)N1CCC[C@H]1C(=O)NCC(N)=O. The number of carbonyl (C=O) groups is 11. The first-order chi connectivity index (χ1) is 41.5. The molecule has 31 heteroatoms. The van der Waals surface area contributed by atoms with Crippen LogP contribution in [0.4, 0.5) is 0 Å². The number of amides is 11. The van der Waals surface area contributed by atoms with Gasteiger partial charge in [0.05, 0.1) is 19.5 Å². The number of aromatic hydroxyl groups is 1. The number of phenols is 1. The van der Waals surface area contributed by atoms with Crippen LogP contribution in [0.25, 0.3) is 10.9 Å². The third-order valence-electron chi connectivity index (χ3n) is 14.5. The maximum atomic E-state index is 14.5. The van der Waals surface area contributed by atoms with E-state index in [1.54, 1.807) is 44.3 Å². The van der Waals surface area contributed by atoms with Crippen molar-refractivity contribution in [3.05, 3.63) is 84.1 Å². The Bertz CT molecular complexity index is 3120. The number of nitrogens with two attached hydrogens (primary N) is 3. The molecule has 0 saturated carbocycles. The van der Waals surface area contributed by atoms with Crippen LogP contribution in [0.3, 0.4) is 0 Å². The zero-order valence-corrected chi connectivity index (χ0v) is 49.0. The molecule has 87 heavy (non-hydrogen) atoms. The van der Waals surface area contributed by atoms with Crippen molar-refractivity contribution in [1.29, 1.82) is 0 Å². The number of hydrogen-bond donors (Lipinski definition) is 17. The molecule has 470 valence electrons. The number of benzene rings is 2. The molecule has 4 heterocycles. The third-order valence-corrected chi connectivity index (χ3v) is 14.8. The van der Waals surface area contributed by atoms with Gasteiger partial charge in [-0.2, -0.15) is 12.6 Å². The van der Waals surface area contributed by atoms with E-state index in [0.29, 0.717) is 34.1 Å². The van der Waals surface area contributed by atoms with E-state index in [-0.39, 0.29) is 100 Å². The van der Waals surface area contributed by atoms with Crippen LogP contribution in [0.1, 0.15) is 75.6 Å². The highest BCUT2D eigenvalue weighted by molar-refractivity contribution is 7.80. The maximum Gasteiger partial charge on any atom is 0.245 e. The van der Waals surface area contributed by atoms with E-state index in [9.17, 15) is 63.0 Å². The van der Waals surface area contributed by atoms with Gasteiger partial charge in [-0.1, -0.05) is 44.2 Å². The van der Waals surface area contributed by atoms with Gasteiger partial charge in [0, 0.05) is 73.5 Å². The van der Waals surface area contributed by atoms with Crippen molar-refractivity contribution >= 4 is 94.5 Å². The fourth-order valence-electron chi connectivity index (χ4n) is 10.00. The lowest BCUT2D eigenvalue weighted by Crippen LogP contribution is -2.61. The van der Waals surface area contributed by atoms with Gasteiger partial charge < -0.3 is 90.1 Å².